The van der Waals surface area contributed by atoms with Gasteiger partial charge in [-0.25, -0.2) is 0 Å². The predicted molar refractivity (Wildman–Crippen MR) is 95.3 cm³/mol. The van der Waals surface area contributed by atoms with E-state index < -0.39 is 11.2 Å². The van der Waals surface area contributed by atoms with Crippen LogP contribution in [-0.4, -0.2) is 59.5 Å². The molecule has 138 valence electrons. The van der Waals surface area contributed by atoms with Gasteiger partial charge in [0, 0.05) is 19.6 Å². The third kappa shape index (κ3) is 4.22. The van der Waals surface area contributed by atoms with Gasteiger partial charge in [0.15, 0.2) is 0 Å². The Morgan fingerprint density at radius 3 is 2.80 bits per heavy atom. The minimum atomic E-state index is -1.37. The van der Waals surface area contributed by atoms with E-state index in [9.17, 15) is 9.90 Å². The van der Waals surface area contributed by atoms with E-state index in [1.165, 1.54) is 0 Å². The molecule has 0 unspecified atom stereocenters. The van der Waals surface area contributed by atoms with E-state index in [1.807, 2.05) is 30.3 Å². The van der Waals surface area contributed by atoms with Crippen LogP contribution in [0.5, 0.6) is 0 Å². The first-order valence-electron chi connectivity index (χ1n) is 9.25. The van der Waals surface area contributed by atoms with Gasteiger partial charge in [0.1, 0.15) is 11.2 Å². The van der Waals surface area contributed by atoms with Gasteiger partial charge in [0.25, 0.3) is 5.91 Å². The summed E-state index contributed by atoms with van der Waals surface area (Å²) in [5.74, 6) is -0.198. The molecule has 0 aromatic heterocycles. The number of amides is 1. The van der Waals surface area contributed by atoms with Crippen LogP contribution in [-0.2, 0) is 20.7 Å². The zero-order valence-electron chi connectivity index (χ0n) is 15.2. The molecule has 0 aliphatic carbocycles. The van der Waals surface area contributed by atoms with Crippen molar-refractivity contribution in [1.29, 1.82) is 0 Å². The smallest absolute Gasteiger partial charge is 0.254 e. The Hall–Kier alpha value is -1.43. The normalized spacial score (nSPS) is 28.9. The lowest BCUT2D eigenvalue weighted by molar-refractivity contribution is -0.182. The summed E-state index contributed by atoms with van der Waals surface area (Å²) in [6.45, 7) is 5.94. The molecule has 2 aliphatic rings. The molecule has 1 aromatic carbocycles. The first-order valence-corrected chi connectivity index (χ1v) is 9.25. The highest BCUT2D eigenvalue weighted by atomic mass is 16.6. The molecule has 2 heterocycles. The van der Waals surface area contributed by atoms with Crippen LogP contribution in [0.2, 0.25) is 0 Å². The van der Waals surface area contributed by atoms with Crippen molar-refractivity contribution in [3.05, 3.63) is 35.9 Å². The molecule has 1 amide bonds. The lowest BCUT2D eigenvalue weighted by Crippen LogP contribution is -2.61. The SMILES string of the molecule is CC[C@@H]1CN(C(=O)[C@@](C)(O)CCc2ccccc2)C[C@@]2(CCOC2)O1. The molecule has 25 heavy (non-hydrogen) atoms. The van der Waals surface area contributed by atoms with Crippen molar-refractivity contribution in [3.63, 3.8) is 0 Å². The largest absolute Gasteiger partial charge is 0.380 e. The minimum absolute atomic E-state index is 0.00400. The maximum Gasteiger partial charge on any atom is 0.254 e. The third-order valence-electron chi connectivity index (χ3n) is 5.33. The second-order valence-corrected chi connectivity index (χ2v) is 7.58. The summed E-state index contributed by atoms with van der Waals surface area (Å²) >= 11 is 0. The van der Waals surface area contributed by atoms with E-state index in [4.69, 9.17) is 9.47 Å². The number of aryl methyl sites for hydroxylation is 1. The van der Waals surface area contributed by atoms with Crippen molar-refractivity contribution >= 4 is 5.91 Å². The lowest BCUT2D eigenvalue weighted by atomic mass is 9.92. The van der Waals surface area contributed by atoms with Crippen molar-refractivity contribution in [2.24, 2.45) is 0 Å². The quantitative estimate of drug-likeness (QED) is 0.887. The highest BCUT2D eigenvalue weighted by molar-refractivity contribution is 5.84. The van der Waals surface area contributed by atoms with Crippen molar-refractivity contribution in [2.45, 2.75) is 56.8 Å². The second-order valence-electron chi connectivity index (χ2n) is 7.58. The van der Waals surface area contributed by atoms with Gasteiger partial charge in [0.05, 0.1) is 19.3 Å². The standard InChI is InChI=1S/C20H29NO4/c1-3-17-13-21(14-20(25-17)11-12-24-15-20)18(22)19(2,23)10-9-16-7-5-4-6-8-16/h4-8,17,23H,3,9-15H2,1-2H3/t17-,19+,20-/m1/s1. The number of carbonyl (C=O) groups is 1. The molecule has 1 spiro atoms. The average Bonchev–Trinajstić information content (AvgIpc) is 3.07. The molecule has 0 bridgehead atoms. The van der Waals surface area contributed by atoms with Crippen LogP contribution in [0.25, 0.3) is 0 Å². The minimum Gasteiger partial charge on any atom is -0.380 e. The first kappa shape index (κ1) is 18.4. The number of hydrogen-bond donors (Lipinski definition) is 1. The van der Waals surface area contributed by atoms with Crippen molar-refractivity contribution in [3.8, 4) is 0 Å². The topological polar surface area (TPSA) is 59.0 Å². The Morgan fingerprint density at radius 2 is 2.16 bits per heavy atom. The fourth-order valence-electron chi connectivity index (χ4n) is 3.74. The van der Waals surface area contributed by atoms with E-state index in [-0.39, 0.29) is 12.0 Å². The number of hydrogen-bond acceptors (Lipinski definition) is 4. The van der Waals surface area contributed by atoms with Gasteiger partial charge in [-0.15, -0.1) is 0 Å². The molecule has 2 fully saturated rings. The van der Waals surface area contributed by atoms with Crippen LogP contribution in [0.1, 0.15) is 38.7 Å². The summed E-state index contributed by atoms with van der Waals surface area (Å²) in [5, 5.41) is 10.8. The fourth-order valence-corrected chi connectivity index (χ4v) is 3.74. The summed E-state index contributed by atoms with van der Waals surface area (Å²) in [4.78, 5) is 14.8. The molecule has 5 nitrogen and oxygen atoms in total. The van der Waals surface area contributed by atoms with E-state index >= 15 is 0 Å². The van der Waals surface area contributed by atoms with Crippen molar-refractivity contribution in [2.75, 3.05) is 26.3 Å². The molecule has 1 N–H and O–H groups in total. The number of carbonyl (C=O) groups excluding carboxylic acids is 1. The number of morpholine rings is 1. The highest BCUT2D eigenvalue weighted by Gasteiger charge is 2.47. The molecule has 0 radical (unpaired) electrons. The zero-order chi connectivity index (χ0) is 17.9. The molecule has 5 heteroatoms. The summed E-state index contributed by atoms with van der Waals surface area (Å²) in [6.07, 6.45) is 2.74. The van der Waals surface area contributed by atoms with Gasteiger partial charge in [-0.2, -0.15) is 0 Å². The summed E-state index contributed by atoms with van der Waals surface area (Å²) in [6, 6.07) is 9.96. The Morgan fingerprint density at radius 1 is 1.40 bits per heavy atom. The molecule has 0 saturated carbocycles. The molecule has 1 aromatic rings. The summed E-state index contributed by atoms with van der Waals surface area (Å²) in [7, 11) is 0. The van der Waals surface area contributed by atoms with Crippen LogP contribution >= 0.6 is 0 Å². The van der Waals surface area contributed by atoms with Crippen molar-refractivity contribution in [1.82, 2.24) is 4.90 Å². The van der Waals surface area contributed by atoms with E-state index in [0.717, 1.165) is 18.4 Å². The summed E-state index contributed by atoms with van der Waals surface area (Å²) in [5.41, 5.74) is -0.638. The molecule has 2 aliphatic heterocycles. The Balaban J connectivity index is 1.67. The average molecular weight is 347 g/mol. The van der Waals surface area contributed by atoms with Crippen LogP contribution in [0.3, 0.4) is 0 Å². The van der Waals surface area contributed by atoms with Crippen LogP contribution < -0.4 is 0 Å². The highest BCUT2D eigenvalue weighted by Crippen LogP contribution is 2.32. The van der Waals surface area contributed by atoms with Crippen LogP contribution in [0, 0.1) is 0 Å². The monoisotopic (exact) mass is 347 g/mol. The second kappa shape index (κ2) is 7.44. The number of benzene rings is 1. The molecule has 3 atom stereocenters. The predicted octanol–water partition coefficient (Wildman–Crippen LogP) is 2.17. The van der Waals surface area contributed by atoms with Crippen LogP contribution in [0.15, 0.2) is 30.3 Å². The Bertz CT molecular complexity index is 581. The third-order valence-corrected chi connectivity index (χ3v) is 5.33. The Labute approximate surface area is 149 Å². The molecule has 2 saturated heterocycles. The number of ether oxygens (including phenoxy) is 2. The maximum absolute atomic E-state index is 13.0. The van der Waals surface area contributed by atoms with Gasteiger partial charge in [-0.05, 0) is 31.7 Å². The van der Waals surface area contributed by atoms with Crippen molar-refractivity contribution < 1.29 is 19.4 Å². The molecule has 3 rings (SSSR count). The van der Waals surface area contributed by atoms with Gasteiger partial charge >= 0.3 is 0 Å². The van der Waals surface area contributed by atoms with Gasteiger partial charge in [-0.3, -0.25) is 4.79 Å². The maximum atomic E-state index is 13.0. The van der Waals surface area contributed by atoms with E-state index in [0.29, 0.717) is 39.1 Å². The van der Waals surface area contributed by atoms with Gasteiger partial charge in [0.2, 0.25) is 0 Å². The fraction of sp³-hybridized carbons (Fsp3) is 0.650. The van der Waals surface area contributed by atoms with Gasteiger partial charge < -0.3 is 19.5 Å². The molecular formula is C20H29NO4. The number of nitrogens with zero attached hydrogens (tertiary/aromatic N) is 1. The van der Waals surface area contributed by atoms with Gasteiger partial charge in [-0.1, -0.05) is 37.3 Å². The Kier molecular flexibility index (Phi) is 5.46. The summed E-state index contributed by atoms with van der Waals surface area (Å²) < 4.78 is 11.7. The van der Waals surface area contributed by atoms with Crippen LogP contribution in [0.4, 0.5) is 0 Å². The first-order chi connectivity index (χ1) is 11.9. The number of rotatable bonds is 5. The number of aliphatic hydroxyl groups is 1. The van der Waals surface area contributed by atoms with E-state index in [2.05, 4.69) is 6.92 Å². The molecular weight excluding hydrogens is 318 g/mol. The zero-order valence-corrected chi connectivity index (χ0v) is 15.2. The lowest BCUT2D eigenvalue weighted by Gasteiger charge is -2.45. The van der Waals surface area contributed by atoms with E-state index in [1.54, 1.807) is 11.8 Å².